The highest BCUT2D eigenvalue weighted by atomic mass is 16.5. The Morgan fingerprint density at radius 3 is 2.49 bits per heavy atom. The number of nitrogens with zero attached hydrogens (tertiary/aromatic N) is 4. The summed E-state index contributed by atoms with van der Waals surface area (Å²) in [7, 11) is 1.74. The smallest absolute Gasteiger partial charge is 0.105 e. The molecular formula is C40H30N4O. The second-order valence-corrected chi connectivity index (χ2v) is 12.1. The molecule has 2 heterocycles. The van der Waals surface area contributed by atoms with E-state index in [1.54, 1.807) is 7.11 Å². The molecule has 0 bridgehead atoms. The normalized spacial score (nSPS) is 21.6. The number of benzene rings is 4. The number of rotatable bonds is 4. The van der Waals surface area contributed by atoms with Crippen molar-refractivity contribution in [2.45, 2.75) is 30.7 Å². The van der Waals surface area contributed by atoms with E-state index in [1.807, 2.05) is 42.5 Å². The second kappa shape index (κ2) is 10.2. The maximum absolute atomic E-state index is 10.4. The molecule has 0 saturated carbocycles. The lowest BCUT2D eigenvalue weighted by molar-refractivity contribution is 0.261. The first-order chi connectivity index (χ1) is 22.1. The Morgan fingerprint density at radius 1 is 0.844 bits per heavy atom. The van der Waals surface area contributed by atoms with Gasteiger partial charge in [0.25, 0.3) is 0 Å². The fourth-order valence-electron chi connectivity index (χ4n) is 7.75. The Labute approximate surface area is 262 Å². The molecule has 216 valence electrons. The van der Waals surface area contributed by atoms with Gasteiger partial charge in [0.15, 0.2) is 0 Å². The van der Waals surface area contributed by atoms with Crippen LogP contribution < -0.4 is 4.90 Å². The highest BCUT2D eigenvalue weighted by Gasteiger charge is 2.47. The van der Waals surface area contributed by atoms with Crippen LogP contribution in [0.3, 0.4) is 0 Å². The number of nitriles is 2. The van der Waals surface area contributed by atoms with Gasteiger partial charge in [-0.05, 0) is 66.9 Å². The van der Waals surface area contributed by atoms with Crippen molar-refractivity contribution in [3.63, 3.8) is 0 Å². The number of anilines is 1. The maximum Gasteiger partial charge on any atom is 0.105 e. The third kappa shape index (κ3) is 3.84. The molecule has 5 nitrogen and oxygen atoms in total. The summed E-state index contributed by atoms with van der Waals surface area (Å²) in [5.41, 5.74) is 8.44. The first kappa shape index (κ1) is 26.8. The summed E-state index contributed by atoms with van der Waals surface area (Å²) in [6.45, 7) is 2.30. The van der Waals surface area contributed by atoms with E-state index in [0.29, 0.717) is 17.5 Å². The lowest BCUT2D eigenvalue weighted by Crippen LogP contribution is -2.44. The minimum Gasteiger partial charge on any atom is -0.500 e. The number of methoxy groups -OCH3 is 1. The van der Waals surface area contributed by atoms with Gasteiger partial charge in [0.1, 0.15) is 11.8 Å². The van der Waals surface area contributed by atoms with Crippen molar-refractivity contribution < 1.29 is 4.74 Å². The van der Waals surface area contributed by atoms with Crippen LogP contribution in [0, 0.1) is 22.7 Å². The Morgan fingerprint density at radius 2 is 1.64 bits per heavy atom. The molecule has 5 aromatic rings. The summed E-state index contributed by atoms with van der Waals surface area (Å²) in [6, 6.07) is 33.4. The van der Waals surface area contributed by atoms with Crippen LogP contribution in [0.1, 0.15) is 47.4 Å². The largest absolute Gasteiger partial charge is 0.500 e. The predicted octanol–water partition coefficient (Wildman–Crippen LogP) is 8.92. The SMILES string of the molecule is COC1=CC(N2c3ccccc3C3C=CC=CC32C)=CCC1c1cccc(C#N)c1-n1c2ccccc2c2cc(C#N)ccc21. The molecule has 1 aromatic heterocycles. The molecule has 5 heteroatoms. The number of aromatic nitrogens is 1. The number of ether oxygens (including phenoxy) is 1. The van der Waals surface area contributed by atoms with Crippen LogP contribution in [-0.2, 0) is 4.74 Å². The number of fused-ring (bicyclic) bond motifs is 6. The van der Waals surface area contributed by atoms with E-state index in [4.69, 9.17) is 4.74 Å². The molecule has 3 aliphatic rings. The van der Waals surface area contributed by atoms with E-state index < -0.39 is 0 Å². The quantitative estimate of drug-likeness (QED) is 0.212. The molecule has 3 unspecified atom stereocenters. The van der Waals surface area contributed by atoms with Crippen LogP contribution in [0.2, 0.25) is 0 Å². The van der Waals surface area contributed by atoms with Crippen molar-refractivity contribution in [2.75, 3.05) is 12.0 Å². The highest BCUT2D eigenvalue weighted by molar-refractivity contribution is 6.10. The zero-order chi connectivity index (χ0) is 30.7. The van der Waals surface area contributed by atoms with Gasteiger partial charge >= 0.3 is 0 Å². The third-order valence-electron chi connectivity index (χ3n) is 9.75. The van der Waals surface area contributed by atoms with Gasteiger partial charge in [-0.3, -0.25) is 0 Å². The van der Waals surface area contributed by atoms with Gasteiger partial charge in [0, 0.05) is 34.0 Å². The molecule has 2 aliphatic carbocycles. The summed E-state index contributed by atoms with van der Waals surface area (Å²) < 4.78 is 8.38. The first-order valence-electron chi connectivity index (χ1n) is 15.2. The molecule has 1 aliphatic heterocycles. The van der Waals surface area contributed by atoms with Crippen LogP contribution in [-0.4, -0.2) is 17.2 Å². The predicted molar refractivity (Wildman–Crippen MR) is 179 cm³/mol. The molecule has 0 fully saturated rings. The van der Waals surface area contributed by atoms with Crippen LogP contribution in [0.15, 0.2) is 133 Å². The summed E-state index contributed by atoms with van der Waals surface area (Å²) >= 11 is 0. The minimum absolute atomic E-state index is 0.0973. The maximum atomic E-state index is 10.4. The fourth-order valence-corrected chi connectivity index (χ4v) is 7.75. The summed E-state index contributed by atoms with van der Waals surface area (Å²) in [6.07, 6.45) is 14.1. The van der Waals surface area contributed by atoms with Crippen LogP contribution in [0.5, 0.6) is 0 Å². The molecule has 3 atom stereocenters. The lowest BCUT2D eigenvalue weighted by Gasteiger charge is -2.41. The molecule has 0 saturated heterocycles. The van der Waals surface area contributed by atoms with E-state index in [9.17, 15) is 10.5 Å². The van der Waals surface area contributed by atoms with Gasteiger partial charge in [-0.2, -0.15) is 10.5 Å². The number of para-hydroxylation sites is 3. The van der Waals surface area contributed by atoms with Gasteiger partial charge in [-0.25, -0.2) is 0 Å². The van der Waals surface area contributed by atoms with Gasteiger partial charge in [-0.15, -0.1) is 0 Å². The number of allylic oxidation sites excluding steroid dienone is 5. The van der Waals surface area contributed by atoms with E-state index >= 15 is 0 Å². The first-order valence-corrected chi connectivity index (χ1v) is 15.2. The standard InChI is InChI=1S/C40H30N4O/c1-40-21-8-7-14-34(40)32-12-4-6-16-37(32)44(40)28-18-19-30(38(23-28)45-2)31-13-9-10-27(25-42)39(31)43-35-15-5-3-11-29(35)33-22-26(24-41)17-20-36(33)43/h3-18,20-23,30,34H,19H2,1-2H3. The molecule has 0 amide bonds. The molecule has 0 N–H and O–H groups in total. The average molecular weight is 583 g/mol. The topological polar surface area (TPSA) is 65.0 Å². The molecule has 4 aromatic carbocycles. The number of hydrogen-bond donors (Lipinski definition) is 0. The third-order valence-corrected chi connectivity index (χ3v) is 9.75. The summed E-state index contributed by atoms with van der Waals surface area (Å²) in [5.74, 6) is 1.02. The van der Waals surface area contributed by atoms with Gasteiger partial charge in [0.2, 0.25) is 0 Å². The van der Waals surface area contributed by atoms with E-state index in [-0.39, 0.29) is 17.4 Å². The van der Waals surface area contributed by atoms with Crippen molar-refractivity contribution in [3.8, 4) is 17.8 Å². The van der Waals surface area contributed by atoms with E-state index in [2.05, 4.69) is 107 Å². The van der Waals surface area contributed by atoms with Crippen molar-refractivity contribution >= 4 is 27.5 Å². The summed E-state index contributed by atoms with van der Waals surface area (Å²) in [4.78, 5) is 2.45. The lowest BCUT2D eigenvalue weighted by atomic mass is 9.80. The molecule has 45 heavy (non-hydrogen) atoms. The van der Waals surface area contributed by atoms with Crippen molar-refractivity contribution in [1.82, 2.24) is 4.57 Å². The fraction of sp³-hybridized carbons (Fsp3) is 0.150. The second-order valence-electron chi connectivity index (χ2n) is 12.1. The molecule has 0 spiro atoms. The van der Waals surface area contributed by atoms with Crippen LogP contribution >= 0.6 is 0 Å². The summed E-state index contributed by atoms with van der Waals surface area (Å²) in [5, 5.41) is 22.1. The van der Waals surface area contributed by atoms with Crippen LogP contribution in [0.25, 0.3) is 27.5 Å². The molecule has 8 rings (SSSR count). The minimum atomic E-state index is -0.233. The highest BCUT2D eigenvalue weighted by Crippen LogP contribution is 2.53. The van der Waals surface area contributed by atoms with Gasteiger partial charge in [-0.1, -0.05) is 78.9 Å². The van der Waals surface area contributed by atoms with E-state index in [1.165, 1.54) is 11.3 Å². The zero-order valence-corrected chi connectivity index (χ0v) is 25.1. The van der Waals surface area contributed by atoms with Crippen molar-refractivity contribution in [1.29, 1.82) is 10.5 Å². The van der Waals surface area contributed by atoms with Crippen molar-refractivity contribution in [3.05, 3.63) is 155 Å². The van der Waals surface area contributed by atoms with E-state index in [0.717, 1.165) is 44.5 Å². The zero-order valence-electron chi connectivity index (χ0n) is 25.1. The Hall–Kier alpha value is -5.78. The Bertz CT molecular complexity index is 2250. The average Bonchev–Trinajstić information content (AvgIpc) is 3.56. The number of hydrogen-bond acceptors (Lipinski definition) is 4. The molecule has 0 radical (unpaired) electrons. The van der Waals surface area contributed by atoms with Crippen LogP contribution in [0.4, 0.5) is 5.69 Å². The molecular weight excluding hydrogens is 552 g/mol. The Balaban J connectivity index is 1.29. The van der Waals surface area contributed by atoms with Gasteiger partial charge in [0.05, 0.1) is 46.6 Å². The monoisotopic (exact) mass is 582 g/mol. The van der Waals surface area contributed by atoms with Gasteiger partial charge < -0.3 is 14.2 Å². The Kier molecular flexibility index (Phi) is 6.05. The van der Waals surface area contributed by atoms with Crippen molar-refractivity contribution in [2.24, 2.45) is 0 Å².